The molecule has 1 fully saturated rings. The maximum Gasteiger partial charge on any atom is 0.254 e. The van der Waals surface area contributed by atoms with Crippen molar-refractivity contribution < 1.29 is 19.2 Å². The predicted molar refractivity (Wildman–Crippen MR) is 107 cm³/mol. The molecule has 0 aliphatic carbocycles. The highest BCUT2D eigenvalue weighted by molar-refractivity contribution is 6.04. The van der Waals surface area contributed by atoms with Crippen LogP contribution in [0, 0.1) is 0 Å². The van der Waals surface area contributed by atoms with Crippen molar-refractivity contribution in [1.29, 1.82) is 0 Å². The van der Waals surface area contributed by atoms with Crippen LogP contribution in [0.5, 0.6) is 0 Å². The summed E-state index contributed by atoms with van der Waals surface area (Å²) in [6, 6.07) is 5.10. The van der Waals surface area contributed by atoms with Gasteiger partial charge in [0, 0.05) is 51.4 Å². The van der Waals surface area contributed by atoms with Crippen LogP contribution < -0.4 is 10.2 Å². The summed E-state index contributed by atoms with van der Waals surface area (Å²) in [5.41, 5.74) is 1.54. The van der Waals surface area contributed by atoms with Crippen molar-refractivity contribution in [1.82, 2.24) is 15.1 Å². The van der Waals surface area contributed by atoms with Gasteiger partial charge in [0.05, 0.1) is 11.1 Å². The van der Waals surface area contributed by atoms with Crippen LogP contribution in [-0.2, 0) is 9.59 Å². The number of aldehydes is 1. The van der Waals surface area contributed by atoms with Crippen LogP contribution in [0.25, 0.3) is 0 Å². The summed E-state index contributed by atoms with van der Waals surface area (Å²) in [5.74, 6) is -0.644. The van der Waals surface area contributed by atoms with Crippen LogP contribution in [0.1, 0.15) is 40.5 Å². The second-order valence-electron chi connectivity index (χ2n) is 7.14. The quantitative estimate of drug-likeness (QED) is 0.662. The Bertz CT molecular complexity index is 729. The molecule has 0 bridgehead atoms. The van der Waals surface area contributed by atoms with E-state index in [0.717, 1.165) is 38.2 Å². The minimum Gasteiger partial charge on any atom is -0.368 e. The van der Waals surface area contributed by atoms with Gasteiger partial charge in [0.1, 0.15) is 0 Å². The van der Waals surface area contributed by atoms with Crippen LogP contribution in [0.4, 0.5) is 5.69 Å². The Balaban J connectivity index is 2.15. The minimum absolute atomic E-state index is 0.138. The van der Waals surface area contributed by atoms with E-state index in [1.165, 1.54) is 4.90 Å². The Morgan fingerprint density at radius 2 is 1.89 bits per heavy atom. The number of rotatable bonds is 8. The molecule has 3 amide bonds. The number of hydrogen-bond acceptors (Lipinski definition) is 6. The maximum absolute atomic E-state index is 13.0. The number of carbonyl (C=O) groups excluding carboxylic acids is 4. The second kappa shape index (κ2) is 9.98. The summed E-state index contributed by atoms with van der Waals surface area (Å²) in [5, 5.41) is 2.09. The molecule has 1 aliphatic rings. The number of benzene rings is 1. The molecule has 1 unspecified atom stereocenters. The van der Waals surface area contributed by atoms with Crippen molar-refractivity contribution in [3.8, 4) is 0 Å². The van der Waals surface area contributed by atoms with E-state index in [9.17, 15) is 19.2 Å². The molecular weight excluding hydrogens is 360 g/mol. The van der Waals surface area contributed by atoms with E-state index in [2.05, 4.69) is 22.2 Å². The molecule has 0 spiro atoms. The molecule has 1 aliphatic heterocycles. The monoisotopic (exact) mass is 388 g/mol. The number of likely N-dealkylation sites (N-methyl/N-ethyl adjacent to an activating group) is 1. The average Bonchev–Trinajstić information content (AvgIpc) is 2.71. The SMILES string of the molecule is CC(CCC(=O)NC=O)N(C)C(=O)c1cccc(N2CCN(C)CC2)c1C=O. The molecule has 8 heteroatoms. The number of amides is 3. The Labute approximate surface area is 165 Å². The number of piperazine rings is 1. The van der Waals surface area contributed by atoms with Crippen molar-refractivity contribution in [3.05, 3.63) is 29.3 Å². The number of nitrogens with zero attached hydrogens (tertiary/aromatic N) is 3. The molecule has 0 saturated carbocycles. The summed E-state index contributed by atoms with van der Waals surface area (Å²) in [6.45, 7) is 5.23. The first-order chi connectivity index (χ1) is 13.4. The Morgan fingerprint density at radius 3 is 2.50 bits per heavy atom. The van der Waals surface area contributed by atoms with Gasteiger partial charge in [-0.3, -0.25) is 24.5 Å². The minimum atomic E-state index is -0.381. The lowest BCUT2D eigenvalue weighted by atomic mass is 10.0. The third-order valence-corrected chi connectivity index (χ3v) is 5.27. The average molecular weight is 388 g/mol. The highest BCUT2D eigenvalue weighted by Gasteiger charge is 2.24. The zero-order valence-electron chi connectivity index (χ0n) is 16.7. The number of anilines is 1. The summed E-state index contributed by atoms with van der Waals surface area (Å²) < 4.78 is 0. The molecule has 1 heterocycles. The van der Waals surface area contributed by atoms with Gasteiger partial charge >= 0.3 is 0 Å². The van der Waals surface area contributed by atoms with Crippen molar-refractivity contribution >= 4 is 30.2 Å². The summed E-state index contributed by atoms with van der Waals surface area (Å²) in [6.07, 6.45) is 1.65. The van der Waals surface area contributed by atoms with E-state index in [-0.39, 0.29) is 24.3 Å². The van der Waals surface area contributed by atoms with Crippen LogP contribution in [0.2, 0.25) is 0 Å². The first-order valence-electron chi connectivity index (χ1n) is 9.40. The molecule has 28 heavy (non-hydrogen) atoms. The topological polar surface area (TPSA) is 90.0 Å². The zero-order chi connectivity index (χ0) is 20.7. The van der Waals surface area contributed by atoms with Crippen LogP contribution in [0.15, 0.2) is 18.2 Å². The fourth-order valence-corrected chi connectivity index (χ4v) is 3.25. The molecule has 1 saturated heterocycles. The molecule has 8 nitrogen and oxygen atoms in total. The van der Waals surface area contributed by atoms with Crippen molar-refractivity contribution in [2.24, 2.45) is 0 Å². The molecule has 1 N–H and O–H groups in total. The second-order valence-corrected chi connectivity index (χ2v) is 7.14. The number of nitrogens with one attached hydrogen (secondary N) is 1. The van der Waals surface area contributed by atoms with Gasteiger partial charge in [-0.05, 0) is 32.5 Å². The predicted octanol–water partition coefficient (Wildman–Crippen LogP) is 0.764. The molecule has 1 atom stereocenters. The van der Waals surface area contributed by atoms with E-state index >= 15 is 0 Å². The smallest absolute Gasteiger partial charge is 0.254 e. The fourth-order valence-electron chi connectivity index (χ4n) is 3.25. The van der Waals surface area contributed by atoms with Crippen molar-refractivity contribution in [2.45, 2.75) is 25.8 Å². The van der Waals surface area contributed by atoms with E-state index in [1.54, 1.807) is 19.2 Å². The summed E-state index contributed by atoms with van der Waals surface area (Å²) in [7, 11) is 3.71. The lowest BCUT2D eigenvalue weighted by Gasteiger charge is -2.35. The number of hydrogen-bond donors (Lipinski definition) is 1. The van der Waals surface area contributed by atoms with Gasteiger partial charge in [-0.25, -0.2) is 0 Å². The van der Waals surface area contributed by atoms with E-state index in [4.69, 9.17) is 0 Å². The van der Waals surface area contributed by atoms with E-state index < -0.39 is 0 Å². The van der Waals surface area contributed by atoms with Gasteiger partial charge in [0.25, 0.3) is 5.91 Å². The molecule has 1 aromatic rings. The lowest BCUT2D eigenvalue weighted by Crippen LogP contribution is -2.45. The number of carbonyl (C=O) groups is 4. The largest absolute Gasteiger partial charge is 0.368 e. The summed E-state index contributed by atoms with van der Waals surface area (Å²) >= 11 is 0. The molecule has 2 rings (SSSR count). The first-order valence-corrected chi connectivity index (χ1v) is 9.40. The molecule has 0 aromatic heterocycles. The van der Waals surface area contributed by atoms with E-state index in [1.807, 2.05) is 13.0 Å². The third-order valence-electron chi connectivity index (χ3n) is 5.27. The molecule has 152 valence electrons. The van der Waals surface area contributed by atoms with Gasteiger partial charge in [-0.1, -0.05) is 6.07 Å². The van der Waals surface area contributed by atoms with E-state index in [0.29, 0.717) is 24.0 Å². The lowest BCUT2D eigenvalue weighted by molar-refractivity contribution is -0.125. The fraction of sp³-hybridized carbons (Fsp3) is 0.500. The zero-order valence-corrected chi connectivity index (χ0v) is 16.7. The Morgan fingerprint density at radius 1 is 1.21 bits per heavy atom. The van der Waals surface area contributed by atoms with Crippen LogP contribution >= 0.6 is 0 Å². The van der Waals surface area contributed by atoms with Crippen molar-refractivity contribution in [3.63, 3.8) is 0 Å². The normalized spacial score (nSPS) is 15.6. The van der Waals surface area contributed by atoms with Gasteiger partial charge < -0.3 is 14.7 Å². The number of imide groups is 1. The Kier molecular flexibility index (Phi) is 7.69. The molecule has 1 aromatic carbocycles. The third kappa shape index (κ3) is 5.16. The Hall–Kier alpha value is -2.74. The molecular formula is C20H28N4O4. The van der Waals surface area contributed by atoms with Crippen LogP contribution in [0.3, 0.4) is 0 Å². The summed E-state index contributed by atoms with van der Waals surface area (Å²) in [4.78, 5) is 52.5. The first kappa shape index (κ1) is 21.6. The highest BCUT2D eigenvalue weighted by atomic mass is 16.2. The molecule has 0 radical (unpaired) electrons. The standard InChI is InChI=1S/C20H28N4O4/c1-15(7-8-19(27)21-14-26)23(3)20(28)16-5-4-6-18(17(16)13-25)24-11-9-22(2)10-12-24/h4-6,13-15H,7-12H2,1-3H3,(H,21,26,27). The van der Waals surface area contributed by atoms with Crippen LogP contribution in [-0.4, -0.2) is 80.6 Å². The van der Waals surface area contributed by atoms with Gasteiger partial charge in [-0.15, -0.1) is 0 Å². The highest BCUT2D eigenvalue weighted by Crippen LogP contribution is 2.25. The van der Waals surface area contributed by atoms with Crippen molar-refractivity contribution in [2.75, 3.05) is 45.2 Å². The maximum atomic E-state index is 13.0. The van der Waals surface area contributed by atoms with Gasteiger partial charge in [-0.2, -0.15) is 0 Å². The van der Waals surface area contributed by atoms with Gasteiger partial charge in [0.2, 0.25) is 12.3 Å². The van der Waals surface area contributed by atoms with Gasteiger partial charge in [0.15, 0.2) is 6.29 Å².